The summed E-state index contributed by atoms with van der Waals surface area (Å²) >= 11 is 0. The first kappa shape index (κ1) is 32.2. The van der Waals surface area contributed by atoms with E-state index >= 15 is 0 Å². The third-order valence-electron chi connectivity index (χ3n) is 9.10. The molecule has 3 aromatic rings. The van der Waals surface area contributed by atoms with E-state index in [1.807, 2.05) is 0 Å². The molecule has 0 radical (unpaired) electrons. The molecule has 0 amide bonds. The predicted molar refractivity (Wildman–Crippen MR) is 173 cm³/mol. The second-order valence-corrected chi connectivity index (χ2v) is 12.4. The van der Waals surface area contributed by atoms with Crippen molar-refractivity contribution in [2.24, 2.45) is 0 Å². The van der Waals surface area contributed by atoms with E-state index in [-0.39, 0.29) is 5.41 Å². The molecule has 2 nitrogen and oxygen atoms in total. The lowest BCUT2D eigenvalue weighted by Crippen LogP contribution is -2.37. The van der Waals surface area contributed by atoms with Crippen LogP contribution in [0.5, 0.6) is 0 Å². The van der Waals surface area contributed by atoms with Crippen molar-refractivity contribution in [2.75, 3.05) is 0 Å². The lowest BCUT2D eigenvalue weighted by molar-refractivity contribution is -0.693. The summed E-state index contributed by atoms with van der Waals surface area (Å²) in [6, 6.07) is 22.8. The lowest BCUT2D eigenvalue weighted by Gasteiger charge is -2.37. The molecule has 0 spiro atoms. The maximum Gasteiger partial charge on any atom is 0.243 e. The summed E-state index contributed by atoms with van der Waals surface area (Å²) < 4.78 is 4.83. The summed E-state index contributed by atoms with van der Waals surface area (Å²) in [6.45, 7) is 8.05. The number of hydrogen-bond acceptors (Lipinski definition) is 0. The first-order valence-corrected chi connectivity index (χ1v) is 16.8. The van der Waals surface area contributed by atoms with Gasteiger partial charge in [0.15, 0.2) is 0 Å². The van der Waals surface area contributed by atoms with Crippen LogP contribution in [0.25, 0.3) is 0 Å². The highest BCUT2D eigenvalue weighted by atomic mass is 15.1. The van der Waals surface area contributed by atoms with E-state index in [1.54, 1.807) is 0 Å². The number of nitrogens with zero attached hydrogens (tertiary/aromatic N) is 2. The number of rotatable bonds is 22. The van der Waals surface area contributed by atoms with Crippen LogP contribution >= 0.6 is 0 Å². The number of unbranched alkanes of at least 4 members (excludes halogenated alkanes) is 14. The zero-order chi connectivity index (χ0) is 28.3. The molecule has 2 atom stereocenters. The van der Waals surface area contributed by atoms with Gasteiger partial charge in [0.05, 0.1) is 6.54 Å². The Hall–Kier alpha value is -2.35. The van der Waals surface area contributed by atoms with Gasteiger partial charge in [0.2, 0.25) is 6.33 Å². The van der Waals surface area contributed by atoms with E-state index in [2.05, 4.69) is 109 Å². The summed E-state index contributed by atoms with van der Waals surface area (Å²) in [5.74, 6) is 0. The summed E-state index contributed by atoms with van der Waals surface area (Å²) in [6.07, 6.45) is 30.4. The largest absolute Gasteiger partial charge is 0.243 e. The molecular weight excluding hydrogens is 484 g/mol. The van der Waals surface area contributed by atoms with Gasteiger partial charge in [0.1, 0.15) is 18.4 Å². The van der Waals surface area contributed by atoms with E-state index in [0.717, 1.165) is 13.0 Å². The average Bonchev–Trinajstić information content (AvgIpc) is 3.47. The van der Waals surface area contributed by atoms with Gasteiger partial charge in [0.25, 0.3) is 0 Å². The summed E-state index contributed by atoms with van der Waals surface area (Å²) in [5, 5.41) is 0. The van der Waals surface area contributed by atoms with Crippen molar-refractivity contribution < 1.29 is 4.57 Å². The molecule has 0 aliphatic rings. The molecule has 0 N–H and O–H groups in total. The SMILES string of the molecule is CCCCCCCCCCCCCCCCCC(n1cc[n+](CC)c1)C(C)(Cc1ccccc1)c1ccccc1. The molecule has 1 heterocycles. The monoisotopic (exact) mass is 543 g/mol. The van der Waals surface area contributed by atoms with E-state index in [0.29, 0.717) is 6.04 Å². The molecule has 220 valence electrons. The lowest BCUT2D eigenvalue weighted by atomic mass is 9.70. The highest BCUT2D eigenvalue weighted by Gasteiger charge is 2.40. The van der Waals surface area contributed by atoms with Crippen LogP contribution in [0.4, 0.5) is 0 Å². The Balaban J connectivity index is 1.50. The fourth-order valence-electron chi connectivity index (χ4n) is 6.54. The molecule has 0 saturated heterocycles. The van der Waals surface area contributed by atoms with Crippen molar-refractivity contribution >= 4 is 0 Å². The fourth-order valence-corrected chi connectivity index (χ4v) is 6.54. The molecule has 0 bridgehead atoms. The molecule has 1 aromatic heterocycles. The maximum absolute atomic E-state index is 2.52. The van der Waals surface area contributed by atoms with Gasteiger partial charge in [-0.3, -0.25) is 0 Å². The number of imidazole rings is 1. The molecule has 2 aromatic carbocycles. The van der Waals surface area contributed by atoms with Crippen molar-refractivity contribution in [1.82, 2.24) is 4.57 Å². The maximum atomic E-state index is 2.52. The molecule has 0 aliphatic heterocycles. The number of hydrogen-bond donors (Lipinski definition) is 0. The van der Waals surface area contributed by atoms with Gasteiger partial charge in [0, 0.05) is 5.41 Å². The van der Waals surface area contributed by atoms with Crippen LogP contribution in [0.15, 0.2) is 79.4 Å². The molecule has 2 unspecified atom stereocenters. The van der Waals surface area contributed by atoms with E-state index in [4.69, 9.17) is 0 Å². The van der Waals surface area contributed by atoms with E-state index < -0.39 is 0 Å². The highest BCUT2D eigenvalue weighted by molar-refractivity contribution is 5.30. The average molecular weight is 544 g/mol. The van der Waals surface area contributed by atoms with E-state index in [9.17, 15) is 0 Å². The van der Waals surface area contributed by atoms with E-state index in [1.165, 1.54) is 114 Å². The summed E-state index contributed by atoms with van der Waals surface area (Å²) in [7, 11) is 0. The minimum Gasteiger partial charge on any atom is -0.237 e. The summed E-state index contributed by atoms with van der Waals surface area (Å²) in [5.41, 5.74) is 2.89. The standard InChI is InChI=1S/C38H59N2/c1-4-6-7-8-9-10-11-12-13-14-15-16-17-18-25-30-37(40-32-31-39(5-2)34-40)38(3,36-28-23-20-24-29-36)33-35-26-21-19-22-27-35/h19-24,26-29,31-32,34,37H,4-18,25,30,33H2,1-3H3/q+1. The Kier molecular flexibility index (Phi) is 15.2. The van der Waals surface area contributed by atoms with Crippen molar-refractivity contribution in [3.05, 3.63) is 90.5 Å². The third-order valence-corrected chi connectivity index (χ3v) is 9.10. The first-order valence-electron chi connectivity index (χ1n) is 16.8. The van der Waals surface area contributed by atoms with Crippen LogP contribution in [0, 0.1) is 0 Å². The predicted octanol–water partition coefficient (Wildman–Crippen LogP) is 10.8. The number of aromatic nitrogens is 2. The topological polar surface area (TPSA) is 8.81 Å². The van der Waals surface area contributed by atoms with Crippen LogP contribution in [0.1, 0.15) is 141 Å². The number of aryl methyl sites for hydroxylation is 1. The van der Waals surface area contributed by atoms with Gasteiger partial charge in [-0.1, -0.05) is 164 Å². The van der Waals surface area contributed by atoms with Crippen molar-refractivity contribution in [3.63, 3.8) is 0 Å². The van der Waals surface area contributed by atoms with Crippen LogP contribution < -0.4 is 4.57 Å². The highest BCUT2D eigenvalue weighted by Crippen LogP contribution is 2.41. The Morgan fingerprint density at radius 3 is 1.65 bits per heavy atom. The van der Waals surface area contributed by atoms with Crippen molar-refractivity contribution in [1.29, 1.82) is 0 Å². The van der Waals surface area contributed by atoms with Gasteiger partial charge in [-0.15, -0.1) is 0 Å². The molecule has 0 aliphatic carbocycles. The third kappa shape index (κ3) is 10.9. The van der Waals surface area contributed by atoms with Gasteiger partial charge in [-0.25, -0.2) is 9.13 Å². The zero-order valence-corrected chi connectivity index (χ0v) is 26.2. The van der Waals surface area contributed by atoms with Gasteiger partial charge < -0.3 is 0 Å². The zero-order valence-electron chi connectivity index (χ0n) is 26.2. The minimum absolute atomic E-state index is 0.0171. The smallest absolute Gasteiger partial charge is 0.237 e. The van der Waals surface area contributed by atoms with Crippen molar-refractivity contribution in [2.45, 2.75) is 148 Å². The van der Waals surface area contributed by atoms with Crippen LogP contribution in [-0.2, 0) is 18.4 Å². The Morgan fingerprint density at radius 1 is 0.650 bits per heavy atom. The molecular formula is C38H59N2+. The Labute approximate surface area is 247 Å². The first-order chi connectivity index (χ1) is 19.7. The molecule has 40 heavy (non-hydrogen) atoms. The Morgan fingerprint density at radius 2 is 1.15 bits per heavy atom. The van der Waals surface area contributed by atoms with Crippen molar-refractivity contribution in [3.8, 4) is 0 Å². The molecule has 3 rings (SSSR count). The number of benzene rings is 2. The van der Waals surface area contributed by atoms with Crippen LogP contribution in [0.2, 0.25) is 0 Å². The molecule has 2 heteroatoms. The fraction of sp³-hybridized carbons (Fsp3) is 0.605. The minimum atomic E-state index is 0.0171. The summed E-state index contributed by atoms with van der Waals surface area (Å²) in [4.78, 5) is 0. The normalized spacial score (nSPS) is 13.8. The van der Waals surface area contributed by atoms with Crippen LogP contribution in [0.3, 0.4) is 0 Å². The second kappa shape index (κ2) is 18.9. The Bertz CT molecular complexity index is 1010. The van der Waals surface area contributed by atoms with Gasteiger partial charge >= 0.3 is 0 Å². The van der Waals surface area contributed by atoms with Crippen LogP contribution in [-0.4, -0.2) is 4.57 Å². The molecule has 0 fully saturated rings. The second-order valence-electron chi connectivity index (χ2n) is 12.4. The quantitative estimate of drug-likeness (QED) is 0.0880. The van der Waals surface area contributed by atoms with Gasteiger partial charge in [-0.2, -0.15) is 0 Å². The van der Waals surface area contributed by atoms with Gasteiger partial charge in [-0.05, 0) is 37.3 Å². The molecule has 0 saturated carbocycles.